The van der Waals surface area contributed by atoms with Crippen LogP contribution in [0, 0.1) is 0 Å². The molecule has 12 aromatic rings. The lowest BCUT2D eigenvalue weighted by molar-refractivity contribution is 1.14. The van der Waals surface area contributed by atoms with Crippen molar-refractivity contribution in [2.75, 3.05) is 0 Å². The van der Waals surface area contributed by atoms with Gasteiger partial charge >= 0.3 is 0 Å². The number of fused-ring (bicyclic) bond motifs is 14. The minimum Gasteiger partial charge on any atom is -0.309 e. The predicted molar refractivity (Wildman–Crippen MR) is 292 cm³/mol. The number of aromatic nitrogens is 2. The lowest BCUT2D eigenvalue weighted by Crippen LogP contribution is -2.58. The lowest BCUT2D eigenvalue weighted by atomic mass is 9.36. The topological polar surface area (TPSA) is 9.86 Å². The van der Waals surface area contributed by atoms with E-state index in [4.69, 9.17) is 0 Å². The molecule has 0 radical (unpaired) electrons. The third-order valence-corrected chi connectivity index (χ3v) is 19.3. The second-order valence-electron chi connectivity index (χ2n) is 18.3. The van der Waals surface area contributed by atoms with Crippen LogP contribution in [0.3, 0.4) is 0 Å². The van der Waals surface area contributed by atoms with Gasteiger partial charge in [0.25, 0.3) is 0 Å². The summed E-state index contributed by atoms with van der Waals surface area (Å²) in [6.07, 6.45) is 0. The number of hydrogen-bond acceptors (Lipinski definition) is 4. The summed E-state index contributed by atoms with van der Waals surface area (Å²) in [7, 11) is 0. The molecule has 0 atom stereocenters. The number of benzene rings is 10. The number of hydrogen-bond donors (Lipinski definition) is 0. The van der Waals surface area contributed by atoms with Gasteiger partial charge in [0.1, 0.15) is 0 Å². The summed E-state index contributed by atoms with van der Waals surface area (Å²) in [5.74, 6) is 0. The van der Waals surface area contributed by atoms with Crippen molar-refractivity contribution in [3.63, 3.8) is 0 Å². The van der Waals surface area contributed by atoms with Crippen molar-refractivity contribution in [3.8, 4) is 22.5 Å². The van der Waals surface area contributed by atoms with Crippen LogP contribution in [0.2, 0.25) is 0 Å². The standard InChI is InChI=1S/C60H34B2N2S4/c1-7-19-47-39(13-1)41-29-35(25-27-49(41)63(47)37-31-55-59-56(32-37)66-52-22-10-4-16-44(52)61(59)43-15-3-9-21-51(43)65-55)36-26-28-50-42(30-36)40-14-2-8-20-48(40)64(50)38-33-57-60-58(34-38)68-54-24-12-6-18-46(54)62(60)45-17-5-11-23-53(45)67-57/h1-34H. The number of nitrogens with zero attached hydrogens (tertiary/aromatic N) is 2. The SMILES string of the molecule is c1ccc2c(c1)Sc1cc(-n3c4ccccc4c4cc(-c5ccc6c(c5)c5ccccc5n6-c5cc6c7c(c5)Sc5ccccc5B7c5ccccc5S6)ccc43)cc3c1B2c1ccccc1S3. The molecule has 0 fully saturated rings. The molecule has 0 saturated carbocycles. The van der Waals surface area contributed by atoms with E-state index < -0.39 is 0 Å². The van der Waals surface area contributed by atoms with E-state index >= 15 is 0 Å². The third kappa shape index (κ3) is 5.40. The van der Waals surface area contributed by atoms with E-state index in [1.165, 1.54) is 138 Å². The van der Waals surface area contributed by atoms with Crippen LogP contribution >= 0.6 is 47.0 Å². The van der Waals surface area contributed by atoms with Gasteiger partial charge in [0.15, 0.2) is 0 Å². The molecule has 2 nitrogen and oxygen atoms in total. The Kier molecular flexibility index (Phi) is 8.13. The van der Waals surface area contributed by atoms with Crippen molar-refractivity contribution < 1.29 is 0 Å². The molecule has 68 heavy (non-hydrogen) atoms. The van der Waals surface area contributed by atoms with E-state index in [-0.39, 0.29) is 13.4 Å². The fraction of sp³-hybridized carbons (Fsp3) is 0. The van der Waals surface area contributed by atoms with Gasteiger partial charge in [-0.1, -0.05) is 190 Å². The zero-order valence-corrected chi connectivity index (χ0v) is 39.6. The molecule has 0 aliphatic carbocycles. The van der Waals surface area contributed by atoms with Crippen LogP contribution in [-0.2, 0) is 0 Å². The molecule has 0 bridgehead atoms. The van der Waals surface area contributed by atoms with Gasteiger partial charge in [-0.15, -0.1) is 0 Å². The molecule has 4 aliphatic heterocycles. The van der Waals surface area contributed by atoms with Crippen molar-refractivity contribution in [2.24, 2.45) is 0 Å². The van der Waals surface area contributed by atoms with Crippen LogP contribution in [0.5, 0.6) is 0 Å². The van der Waals surface area contributed by atoms with Crippen molar-refractivity contribution in [1.82, 2.24) is 9.13 Å². The minimum atomic E-state index is 0.239. The molecule has 8 heteroatoms. The smallest absolute Gasteiger partial charge is 0.247 e. The molecule has 0 amide bonds. The minimum absolute atomic E-state index is 0.239. The fourth-order valence-electron chi connectivity index (χ4n) is 11.9. The molecule has 6 heterocycles. The average Bonchev–Trinajstić information content (AvgIpc) is 3.90. The summed E-state index contributed by atoms with van der Waals surface area (Å²) in [6.45, 7) is 0.479. The highest BCUT2D eigenvalue weighted by Gasteiger charge is 2.40. The van der Waals surface area contributed by atoms with Crippen LogP contribution in [0.4, 0.5) is 0 Å². The highest BCUT2D eigenvalue weighted by Crippen LogP contribution is 2.45. The van der Waals surface area contributed by atoms with E-state index in [0.29, 0.717) is 0 Å². The molecule has 314 valence electrons. The summed E-state index contributed by atoms with van der Waals surface area (Å²) in [5, 5.41) is 5.06. The first kappa shape index (κ1) is 38.3. The Balaban J connectivity index is 0.837. The average molecular weight is 933 g/mol. The highest BCUT2D eigenvalue weighted by atomic mass is 32.2. The molecule has 4 aliphatic rings. The van der Waals surface area contributed by atoms with Gasteiger partial charge in [0, 0.05) is 72.1 Å². The Morgan fingerprint density at radius 1 is 0.265 bits per heavy atom. The third-order valence-electron chi connectivity index (χ3n) is 14.7. The van der Waals surface area contributed by atoms with Crippen LogP contribution in [0.25, 0.3) is 66.1 Å². The van der Waals surface area contributed by atoms with Gasteiger partial charge < -0.3 is 9.13 Å². The van der Waals surface area contributed by atoms with Gasteiger partial charge in [-0.25, -0.2) is 0 Å². The maximum atomic E-state index is 2.50. The van der Waals surface area contributed by atoms with E-state index in [1.54, 1.807) is 0 Å². The Hall–Kier alpha value is -6.67. The largest absolute Gasteiger partial charge is 0.309 e. The molecular formula is C60H34B2N2S4. The van der Waals surface area contributed by atoms with Gasteiger partial charge in [-0.05, 0) is 107 Å². The second kappa shape index (κ2) is 14.4. The first-order chi connectivity index (χ1) is 33.7. The maximum Gasteiger partial charge on any atom is 0.247 e. The molecule has 0 N–H and O–H groups in total. The highest BCUT2D eigenvalue weighted by molar-refractivity contribution is 8.02. The van der Waals surface area contributed by atoms with Gasteiger partial charge in [0.05, 0.1) is 22.1 Å². The number of para-hydroxylation sites is 2. The molecular weight excluding hydrogens is 899 g/mol. The molecule has 0 saturated heterocycles. The second-order valence-corrected chi connectivity index (χ2v) is 22.6. The van der Waals surface area contributed by atoms with E-state index in [9.17, 15) is 0 Å². The predicted octanol–water partition coefficient (Wildman–Crippen LogP) is 12.4. The maximum absolute atomic E-state index is 2.50. The van der Waals surface area contributed by atoms with Crippen molar-refractivity contribution >= 4 is 137 Å². The van der Waals surface area contributed by atoms with Crippen LogP contribution in [-0.4, -0.2) is 22.6 Å². The molecule has 16 rings (SSSR count). The fourth-order valence-corrected chi connectivity index (χ4v) is 16.8. The quantitative estimate of drug-likeness (QED) is 0.163. The van der Waals surface area contributed by atoms with Crippen molar-refractivity contribution in [3.05, 3.63) is 206 Å². The number of rotatable bonds is 3. The summed E-state index contributed by atoms with van der Waals surface area (Å²) in [6, 6.07) is 78.0. The summed E-state index contributed by atoms with van der Waals surface area (Å²) in [4.78, 5) is 10.8. The van der Waals surface area contributed by atoms with E-state index in [1.807, 2.05) is 47.0 Å². The molecule has 10 aromatic carbocycles. The van der Waals surface area contributed by atoms with Crippen molar-refractivity contribution in [1.29, 1.82) is 0 Å². The summed E-state index contributed by atoms with van der Waals surface area (Å²) < 4.78 is 5.00. The van der Waals surface area contributed by atoms with Crippen LogP contribution in [0.15, 0.2) is 245 Å². The monoisotopic (exact) mass is 932 g/mol. The normalized spacial score (nSPS) is 13.9. The van der Waals surface area contributed by atoms with Gasteiger partial charge in [0.2, 0.25) is 13.4 Å². The van der Waals surface area contributed by atoms with E-state index in [0.717, 1.165) is 0 Å². The Bertz CT molecular complexity index is 3800. The molecule has 2 aromatic heterocycles. The van der Waals surface area contributed by atoms with Crippen LogP contribution in [0.1, 0.15) is 0 Å². The Labute approximate surface area is 411 Å². The lowest BCUT2D eigenvalue weighted by Gasteiger charge is -2.33. The zero-order chi connectivity index (χ0) is 44.2. The van der Waals surface area contributed by atoms with Crippen molar-refractivity contribution in [2.45, 2.75) is 39.2 Å². The first-order valence-corrected chi connectivity index (χ1v) is 26.5. The molecule has 0 spiro atoms. The Morgan fingerprint density at radius 3 is 0.941 bits per heavy atom. The zero-order valence-electron chi connectivity index (χ0n) is 36.3. The van der Waals surface area contributed by atoms with Gasteiger partial charge in [-0.3, -0.25) is 0 Å². The summed E-state index contributed by atoms with van der Waals surface area (Å²) in [5.41, 5.74) is 18.3. The molecule has 0 unspecified atom stereocenters. The van der Waals surface area contributed by atoms with Gasteiger partial charge in [-0.2, -0.15) is 0 Å². The van der Waals surface area contributed by atoms with Crippen LogP contribution < -0.4 is 32.8 Å². The first-order valence-electron chi connectivity index (χ1n) is 23.2. The van der Waals surface area contributed by atoms with E-state index in [2.05, 4.69) is 215 Å². The summed E-state index contributed by atoms with van der Waals surface area (Å²) >= 11 is 7.69. The Morgan fingerprint density at radius 2 is 0.574 bits per heavy atom.